The predicted molar refractivity (Wildman–Crippen MR) is 74.2 cm³/mol. The van der Waals surface area contributed by atoms with Gasteiger partial charge < -0.3 is 11.1 Å². The highest BCUT2D eigenvalue weighted by molar-refractivity contribution is 7.89. The van der Waals surface area contributed by atoms with Crippen molar-refractivity contribution in [3.63, 3.8) is 0 Å². The molecule has 1 amide bonds. The van der Waals surface area contributed by atoms with Gasteiger partial charge >= 0.3 is 0 Å². The summed E-state index contributed by atoms with van der Waals surface area (Å²) in [6.45, 7) is 2.21. The Balaban J connectivity index is 2.87. The molecule has 0 aliphatic carbocycles. The van der Waals surface area contributed by atoms with Gasteiger partial charge in [0.25, 0.3) is 0 Å². The third kappa shape index (κ3) is 4.30. The lowest BCUT2D eigenvalue weighted by molar-refractivity contribution is -0.119. The van der Waals surface area contributed by atoms with Gasteiger partial charge in [0.05, 0.1) is 4.90 Å². The van der Waals surface area contributed by atoms with E-state index < -0.39 is 10.0 Å². The number of hydrogen-bond donors (Lipinski definition) is 3. The van der Waals surface area contributed by atoms with Gasteiger partial charge in [-0.25, -0.2) is 13.1 Å². The Hall–Kier alpha value is -1.44. The molecule has 0 heterocycles. The summed E-state index contributed by atoms with van der Waals surface area (Å²) in [6, 6.07) is 6.10. The van der Waals surface area contributed by atoms with Crippen LogP contribution >= 0.6 is 0 Å². The van der Waals surface area contributed by atoms with Crippen molar-refractivity contribution in [3.05, 3.63) is 24.3 Å². The Labute approximate surface area is 113 Å². The number of carbonyl (C=O) groups excluding carboxylic acids is 1. The van der Waals surface area contributed by atoms with Crippen molar-refractivity contribution in [1.82, 2.24) is 4.72 Å². The highest BCUT2D eigenvalue weighted by atomic mass is 32.2. The van der Waals surface area contributed by atoms with Gasteiger partial charge in [0.2, 0.25) is 15.9 Å². The van der Waals surface area contributed by atoms with Crippen LogP contribution < -0.4 is 15.8 Å². The Morgan fingerprint density at radius 1 is 1.42 bits per heavy atom. The molecule has 106 valence electrons. The van der Waals surface area contributed by atoms with Crippen LogP contribution in [0.2, 0.25) is 0 Å². The lowest BCUT2D eigenvalue weighted by Gasteiger charge is -2.12. The molecule has 0 saturated heterocycles. The molecule has 1 unspecified atom stereocenters. The average molecular weight is 285 g/mol. The quantitative estimate of drug-likeness (QED) is 0.709. The van der Waals surface area contributed by atoms with Crippen molar-refractivity contribution in [2.45, 2.75) is 18.2 Å². The van der Waals surface area contributed by atoms with Gasteiger partial charge in [-0.1, -0.05) is 13.0 Å². The summed E-state index contributed by atoms with van der Waals surface area (Å²) in [5.74, 6) is -0.390. The Bertz CT molecular complexity index is 543. The second-order valence-corrected chi connectivity index (χ2v) is 6.09. The van der Waals surface area contributed by atoms with Gasteiger partial charge in [-0.05, 0) is 38.2 Å². The van der Waals surface area contributed by atoms with Crippen LogP contribution in [0.1, 0.15) is 13.3 Å². The maximum atomic E-state index is 11.8. The van der Waals surface area contributed by atoms with Crippen LogP contribution in [0.3, 0.4) is 0 Å². The summed E-state index contributed by atoms with van der Waals surface area (Å²) >= 11 is 0. The van der Waals surface area contributed by atoms with Crippen LogP contribution in [-0.4, -0.2) is 27.9 Å². The molecule has 6 nitrogen and oxygen atoms in total. The molecular weight excluding hydrogens is 266 g/mol. The van der Waals surface area contributed by atoms with Crippen LogP contribution in [0.4, 0.5) is 5.69 Å². The van der Waals surface area contributed by atoms with E-state index in [1.54, 1.807) is 19.1 Å². The third-order valence-corrected chi connectivity index (χ3v) is 4.14. The Morgan fingerprint density at radius 2 is 2.11 bits per heavy atom. The molecule has 1 aromatic rings. The predicted octanol–water partition coefficient (Wildman–Crippen LogP) is 0.518. The Morgan fingerprint density at radius 3 is 2.68 bits per heavy atom. The van der Waals surface area contributed by atoms with Crippen molar-refractivity contribution >= 4 is 21.6 Å². The van der Waals surface area contributed by atoms with Crippen LogP contribution in [0, 0.1) is 5.92 Å². The first-order valence-electron chi connectivity index (χ1n) is 5.95. The van der Waals surface area contributed by atoms with Gasteiger partial charge in [-0.2, -0.15) is 0 Å². The van der Waals surface area contributed by atoms with Crippen molar-refractivity contribution < 1.29 is 13.2 Å². The average Bonchev–Trinajstić information content (AvgIpc) is 2.39. The van der Waals surface area contributed by atoms with Crippen molar-refractivity contribution in [2.75, 3.05) is 18.9 Å². The summed E-state index contributed by atoms with van der Waals surface area (Å²) in [4.78, 5) is 11.9. The van der Waals surface area contributed by atoms with E-state index in [4.69, 9.17) is 5.73 Å². The molecule has 0 fully saturated rings. The van der Waals surface area contributed by atoms with E-state index in [0.29, 0.717) is 18.7 Å². The van der Waals surface area contributed by atoms with Crippen LogP contribution in [-0.2, 0) is 14.8 Å². The van der Waals surface area contributed by atoms with E-state index in [0.717, 1.165) is 0 Å². The second kappa shape index (κ2) is 6.65. The van der Waals surface area contributed by atoms with Crippen molar-refractivity contribution in [1.29, 1.82) is 0 Å². The van der Waals surface area contributed by atoms with Gasteiger partial charge in [0.1, 0.15) is 0 Å². The fourth-order valence-electron chi connectivity index (χ4n) is 1.51. The molecular formula is C12H19N3O3S. The molecule has 0 spiro atoms. The molecule has 7 heteroatoms. The smallest absolute Gasteiger partial charge is 0.240 e. The van der Waals surface area contributed by atoms with E-state index in [1.165, 1.54) is 19.2 Å². The number of nitrogens with two attached hydrogens (primary N) is 1. The van der Waals surface area contributed by atoms with E-state index >= 15 is 0 Å². The van der Waals surface area contributed by atoms with Gasteiger partial charge in [-0.15, -0.1) is 0 Å². The van der Waals surface area contributed by atoms with E-state index in [9.17, 15) is 13.2 Å². The molecule has 0 radical (unpaired) electrons. The Kier molecular flexibility index (Phi) is 5.46. The van der Waals surface area contributed by atoms with Crippen LogP contribution in [0.5, 0.6) is 0 Å². The number of rotatable bonds is 6. The molecule has 1 atom stereocenters. The first-order chi connectivity index (χ1) is 8.90. The number of benzene rings is 1. The monoisotopic (exact) mass is 285 g/mol. The van der Waals surface area contributed by atoms with E-state index in [2.05, 4.69) is 10.0 Å². The van der Waals surface area contributed by atoms with E-state index in [1.807, 2.05) is 0 Å². The minimum absolute atomic E-state index is 0.110. The fourth-order valence-corrected chi connectivity index (χ4v) is 2.28. The number of carbonyl (C=O) groups is 1. The van der Waals surface area contributed by atoms with Crippen LogP contribution in [0.15, 0.2) is 29.2 Å². The zero-order chi connectivity index (χ0) is 14.5. The highest BCUT2D eigenvalue weighted by Gasteiger charge is 2.14. The molecule has 4 N–H and O–H groups in total. The molecule has 0 saturated carbocycles. The van der Waals surface area contributed by atoms with Gasteiger partial charge in [0.15, 0.2) is 0 Å². The largest absolute Gasteiger partial charge is 0.330 e. The topological polar surface area (TPSA) is 101 Å². The molecule has 0 aliphatic rings. The fraction of sp³-hybridized carbons (Fsp3) is 0.417. The van der Waals surface area contributed by atoms with E-state index in [-0.39, 0.29) is 16.7 Å². The molecule has 19 heavy (non-hydrogen) atoms. The van der Waals surface area contributed by atoms with Gasteiger partial charge in [0, 0.05) is 11.6 Å². The lowest BCUT2D eigenvalue weighted by Crippen LogP contribution is -2.23. The number of sulfonamides is 1. The minimum atomic E-state index is -3.51. The number of hydrogen-bond acceptors (Lipinski definition) is 4. The molecule has 1 rings (SSSR count). The maximum Gasteiger partial charge on any atom is 0.240 e. The minimum Gasteiger partial charge on any atom is -0.330 e. The number of amides is 1. The summed E-state index contributed by atoms with van der Waals surface area (Å²) in [5.41, 5.74) is 5.84. The summed E-state index contributed by atoms with van der Waals surface area (Å²) in [7, 11) is -2.17. The molecule has 0 bridgehead atoms. The summed E-state index contributed by atoms with van der Waals surface area (Å²) in [6.07, 6.45) is 0.584. The summed E-state index contributed by atoms with van der Waals surface area (Å²) < 4.78 is 25.5. The second-order valence-electron chi connectivity index (χ2n) is 4.20. The third-order valence-electron chi connectivity index (χ3n) is 2.73. The number of anilines is 1. The summed E-state index contributed by atoms with van der Waals surface area (Å²) in [5, 5.41) is 2.68. The normalized spacial score (nSPS) is 13.0. The number of nitrogens with one attached hydrogen (secondary N) is 2. The van der Waals surface area contributed by atoms with Crippen molar-refractivity contribution in [3.8, 4) is 0 Å². The van der Waals surface area contributed by atoms with Crippen molar-refractivity contribution in [2.24, 2.45) is 11.7 Å². The zero-order valence-corrected chi connectivity index (χ0v) is 11.8. The SMILES string of the molecule is CNS(=O)(=O)c1cccc(NC(=O)C(C)CCN)c1. The lowest BCUT2D eigenvalue weighted by atomic mass is 10.1. The van der Waals surface area contributed by atoms with Crippen LogP contribution in [0.25, 0.3) is 0 Å². The highest BCUT2D eigenvalue weighted by Crippen LogP contribution is 2.16. The first kappa shape index (κ1) is 15.6. The van der Waals surface area contributed by atoms with Gasteiger partial charge in [-0.3, -0.25) is 4.79 Å². The zero-order valence-electron chi connectivity index (χ0n) is 11.0. The molecule has 0 aliphatic heterocycles. The first-order valence-corrected chi connectivity index (χ1v) is 7.43. The molecule has 1 aromatic carbocycles. The standard InChI is InChI=1S/C12H19N3O3S/c1-9(6-7-13)12(16)15-10-4-3-5-11(8-10)19(17,18)14-2/h3-5,8-9,14H,6-7,13H2,1-2H3,(H,15,16). The molecule has 0 aromatic heterocycles. The maximum absolute atomic E-state index is 11.8.